The van der Waals surface area contributed by atoms with Crippen molar-refractivity contribution in [2.45, 2.75) is 13.0 Å². The molecule has 2 aromatic rings. The zero-order valence-electron chi connectivity index (χ0n) is 15.1. The average Bonchev–Trinajstić information content (AvgIpc) is 2.71. The predicted octanol–water partition coefficient (Wildman–Crippen LogP) is 1.71. The Hall–Kier alpha value is -3.55. The van der Waals surface area contributed by atoms with Gasteiger partial charge in [0, 0.05) is 5.56 Å². The molecule has 0 unspecified atom stereocenters. The molecule has 2 amide bonds. The summed E-state index contributed by atoms with van der Waals surface area (Å²) in [6.07, 6.45) is -1.15. The Labute approximate surface area is 156 Å². The molecule has 2 aromatic carbocycles. The third-order valence-electron chi connectivity index (χ3n) is 3.61. The fourth-order valence-electron chi connectivity index (χ4n) is 2.21. The van der Waals surface area contributed by atoms with Gasteiger partial charge in [0.15, 0.2) is 17.6 Å². The molecule has 1 atom stereocenters. The molecule has 27 heavy (non-hydrogen) atoms. The maximum Gasteiger partial charge on any atom is 0.342 e. The number of carbonyl (C=O) groups is 3. The number of nitrogens with one attached hydrogen (secondary N) is 2. The molecule has 8 heteroatoms. The van der Waals surface area contributed by atoms with Crippen LogP contribution in [0.4, 0.5) is 0 Å². The van der Waals surface area contributed by atoms with Gasteiger partial charge in [0.25, 0.3) is 11.8 Å². The molecule has 0 aliphatic heterocycles. The highest BCUT2D eigenvalue weighted by molar-refractivity contribution is 5.97. The zero-order chi connectivity index (χ0) is 19.8. The molecule has 2 N–H and O–H groups in total. The minimum atomic E-state index is -1.15. The highest BCUT2D eigenvalue weighted by atomic mass is 16.6. The number of amides is 2. The molecule has 0 aliphatic carbocycles. The first-order valence-corrected chi connectivity index (χ1v) is 8.05. The van der Waals surface area contributed by atoms with Crippen molar-refractivity contribution in [1.29, 1.82) is 0 Å². The highest BCUT2D eigenvalue weighted by Crippen LogP contribution is 2.31. The van der Waals surface area contributed by atoms with Crippen LogP contribution in [0.25, 0.3) is 0 Å². The summed E-state index contributed by atoms with van der Waals surface area (Å²) in [4.78, 5) is 36.3. The van der Waals surface area contributed by atoms with E-state index in [-0.39, 0.29) is 11.3 Å². The molecule has 0 saturated heterocycles. The van der Waals surface area contributed by atoms with Crippen LogP contribution in [0.15, 0.2) is 48.5 Å². The minimum Gasteiger partial charge on any atom is -0.493 e. The van der Waals surface area contributed by atoms with Crippen LogP contribution >= 0.6 is 0 Å². The second kappa shape index (κ2) is 9.23. The average molecular weight is 372 g/mol. The number of ether oxygens (including phenoxy) is 3. The van der Waals surface area contributed by atoms with Crippen LogP contribution in [-0.2, 0) is 9.53 Å². The van der Waals surface area contributed by atoms with Crippen LogP contribution in [0.2, 0.25) is 0 Å². The largest absolute Gasteiger partial charge is 0.493 e. The van der Waals surface area contributed by atoms with Gasteiger partial charge >= 0.3 is 5.97 Å². The number of methoxy groups -OCH3 is 2. The second-order valence-corrected chi connectivity index (χ2v) is 5.40. The number of hydrogen-bond acceptors (Lipinski definition) is 6. The van der Waals surface area contributed by atoms with E-state index in [9.17, 15) is 14.4 Å². The second-order valence-electron chi connectivity index (χ2n) is 5.40. The molecule has 2 rings (SSSR count). The summed E-state index contributed by atoms with van der Waals surface area (Å²) in [6, 6.07) is 13.1. The van der Waals surface area contributed by atoms with Gasteiger partial charge in [0.1, 0.15) is 5.56 Å². The molecule has 0 heterocycles. The summed E-state index contributed by atoms with van der Waals surface area (Å²) in [5.41, 5.74) is 4.97. The van der Waals surface area contributed by atoms with Crippen LogP contribution in [0.1, 0.15) is 27.6 Å². The summed E-state index contributed by atoms with van der Waals surface area (Å²) >= 11 is 0. The number of rotatable bonds is 6. The van der Waals surface area contributed by atoms with Crippen molar-refractivity contribution < 1.29 is 28.6 Å². The van der Waals surface area contributed by atoms with Gasteiger partial charge in [0.2, 0.25) is 0 Å². The normalized spacial score (nSPS) is 11.1. The number of benzene rings is 2. The van der Waals surface area contributed by atoms with Crippen molar-refractivity contribution in [2.24, 2.45) is 0 Å². The Morgan fingerprint density at radius 3 is 2.22 bits per heavy atom. The quantitative estimate of drug-likeness (QED) is 0.591. The molecule has 0 fully saturated rings. The SMILES string of the molecule is COc1cccc(C(=O)O[C@@H](C)C(=O)NNC(=O)c2ccccc2)c1OC. The van der Waals surface area contributed by atoms with Gasteiger partial charge in [-0.25, -0.2) is 4.79 Å². The molecule has 142 valence electrons. The van der Waals surface area contributed by atoms with E-state index in [1.165, 1.54) is 27.2 Å². The maximum absolute atomic E-state index is 12.3. The Kier molecular flexibility index (Phi) is 6.76. The van der Waals surface area contributed by atoms with Gasteiger partial charge in [-0.2, -0.15) is 0 Å². The molecule has 0 aromatic heterocycles. The number of hydrazine groups is 1. The molecular formula is C19H20N2O6. The standard InChI is InChI=1S/C19H20N2O6/c1-12(17(22)20-21-18(23)13-8-5-4-6-9-13)27-19(24)14-10-7-11-15(25-2)16(14)26-3/h4-12H,1-3H3,(H,20,22)(H,21,23)/t12-/m0/s1. The first-order valence-electron chi connectivity index (χ1n) is 8.05. The van der Waals surface area contributed by atoms with E-state index in [1.807, 2.05) is 0 Å². The van der Waals surface area contributed by atoms with Crippen LogP contribution in [0.5, 0.6) is 11.5 Å². The molecule has 0 aliphatic rings. The molecule has 0 radical (unpaired) electrons. The van der Waals surface area contributed by atoms with Crippen LogP contribution in [0.3, 0.4) is 0 Å². The first-order chi connectivity index (χ1) is 13.0. The van der Waals surface area contributed by atoms with E-state index >= 15 is 0 Å². The molecule has 0 saturated carbocycles. The van der Waals surface area contributed by atoms with E-state index in [0.29, 0.717) is 11.3 Å². The van der Waals surface area contributed by atoms with E-state index in [4.69, 9.17) is 14.2 Å². The van der Waals surface area contributed by atoms with Gasteiger partial charge in [0.05, 0.1) is 14.2 Å². The zero-order valence-corrected chi connectivity index (χ0v) is 15.1. The van der Waals surface area contributed by atoms with Crippen LogP contribution < -0.4 is 20.3 Å². The summed E-state index contributed by atoms with van der Waals surface area (Å²) in [6.45, 7) is 1.38. The van der Waals surface area contributed by atoms with E-state index in [2.05, 4.69) is 10.9 Å². The minimum absolute atomic E-state index is 0.116. The van der Waals surface area contributed by atoms with Crippen molar-refractivity contribution >= 4 is 17.8 Å². The Morgan fingerprint density at radius 1 is 0.889 bits per heavy atom. The third kappa shape index (κ3) is 4.97. The van der Waals surface area contributed by atoms with Gasteiger partial charge in [-0.15, -0.1) is 0 Å². The van der Waals surface area contributed by atoms with Gasteiger partial charge < -0.3 is 14.2 Å². The molecule has 8 nitrogen and oxygen atoms in total. The molecule has 0 bridgehead atoms. The monoisotopic (exact) mass is 372 g/mol. The number of para-hydroxylation sites is 1. The fourth-order valence-corrected chi connectivity index (χ4v) is 2.21. The molecule has 0 spiro atoms. The Balaban J connectivity index is 1.96. The van der Waals surface area contributed by atoms with E-state index in [0.717, 1.165) is 0 Å². The summed E-state index contributed by atoms with van der Waals surface area (Å²) in [5, 5.41) is 0. The topological polar surface area (TPSA) is 103 Å². The van der Waals surface area contributed by atoms with Crippen molar-refractivity contribution in [3.8, 4) is 11.5 Å². The lowest BCUT2D eigenvalue weighted by Crippen LogP contribution is -2.46. The first kappa shape index (κ1) is 19.8. The van der Waals surface area contributed by atoms with Crippen LogP contribution in [-0.4, -0.2) is 38.1 Å². The third-order valence-corrected chi connectivity index (χ3v) is 3.61. The lowest BCUT2D eigenvalue weighted by atomic mass is 10.2. The smallest absolute Gasteiger partial charge is 0.342 e. The highest BCUT2D eigenvalue weighted by Gasteiger charge is 2.23. The van der Waals surface area contributed by atoms with Crippen molar-refractivity contribution in [1.82, 2.24) is 10.9 Å². The number of hydrogen-bond donors (Lipinski definition) is 2. The summed E-state index contributed by atoms with van der Waals surface area (Å²) < 4.78 is 15.4. The lowest BCUT2D eigenvalue weighted by Gasteiger charge is -2.16. The summed E-state index contributed by atoms with van der Waals surface area (Å²) in [5.74, 6) is -1.37. The maximum atomic E-state index is 12.3. The van der Waals surface area contributed by atoms with E-state index < -0.39 is 23.9 Å². The van der Waals surface area contributed by atoms with Crippen molar-refractivity contribution in [2.75, 3.05) is 14.2 Å². The fraction of sp³-hybridized carbons (Fsp3) is 0.211. The van der Waals surface area contributed by atoms with Crippen molar-refractivity contribution in [3.05, 3.63) is 59.7 Å². The molecular weight excluding hydrogens is 352 g/mol. The van der Waals surface area contributed by atoms with E-state index in [1.54, 1.807) is 42.5 Å². The Bertz CT molecular complexity index is 822. The Morgan fingerprint density at radius 2 is 1.59 bits per heavy atom. The van der Waals surface area contributed by atoms with Gasteiger partial charge in [-0.1, -0.05) is 24.3 Å². The van der Waals surface area contributed by atoms with Crippen LogP contribution in [0, 0.1) is 0 Å². The van der Waals surface area contributed by atoms with Crippen molar-refractivity contribution in [3.63, 3.8) is 0 Å². The van der Waals surface area contributed by atoms with Gasteiger partial charge in [-0.05, 0) is 31.2 Å². The predicted molar refractivity (Wildman–Crippen MR) is 96.5 cm³/mol. The lowest BCUT2D eigenvalue weighted by molar-refractivity contribution is -0.129. The van der Waals surface area contributed by atoms with Gasteiger partial charge in [-0.3, -0.25) is 20.4 Å². The summed E-state index contributed by atoms with van der Waals surface area (Å²) in [7, 11) is 2.84. The number of carbonyl (C=O) groups excluding carboxylic acids is 3. The number of esters is 1.